The first-order valence-corrected chi connectivity index (χ1v) is 13.1. The van der Waals surface area contributed by atoms with Crippen LogP contribution in [0.3, 0.4) is 0 Å². The van der Waals surface area contributed by atoms with Crippen molar-refractivity contribution < 1.29 is 14.3 Å². The number of carbonyl (C=O) groups excluding carboxylic acids is 1. The van der Waals surface area contributed by atoms with E-state index in [2.05, 4.69) is 15.3 Å². The van der Waals surface area contributed by atoms with E-state index >= 15 is 0 Å². The molecule has 1 atom stereocenters. The van der Waals surface area contributed by atoms with E-state index < -0.39 is 0 Å². The second-order valence-corrected chi connectivity index (χ2v) is 9.87. The number of aromatic nitrogens is 3. The zero-order valence-electron chi connectivity index (χ0n) is 19.1. The summed E-state index contributed by atoms with van der Waals surface area (Å²) >= 11 is 2.60. The van der Waals surface area contributed by atoms with Gasteiger partial charge in [-0.1, -0.05) is 23.9 Å². The Morgan fingerprint density at radius 2 is 2.06 bits per heavy atom. The van der Waals surface area contributed by atoms with E-state index in [-0.39, 0.29) is 23.3 Å². The van der Waals surface area contributed by atoms with Crippen LogP contribution in [0.4, 0.5) is 5.13 Å². The topological polar surface area (TPSA) is 95.3 Å². The quantitative estimate of drug-likeness (QED) is 0.278. The molecule has 10 heteroatoms. The molecule has 1 amide bonds. The molecule has 0 spiro atoms. The Hall–Kier alpha value is -3.21. The molecule has 0 aliphatic carbocycles. The van der Waals surface area contributed by atoms with Crippen LogP contribution in [0.25, 0.3) is 22.2 Å². The SMILES string of the molecule is COc1ccc(-c2csc(NC(=O)CSc3nc4ccccc4c(=O)n3CC3CCCO3)n2)cc1. The summed E-state index contributed by atoms with van der Waals surface area (Å²) in [6.07, 6.45) is 1.87. The van der Waals surface area contributed by atoms with Gasteiger partial charge in [-0.2, -0.15) is 0 Å². The molecular weight excluding hydrogens is 484 g/mol. The molecule has 180 valence electrons. The molecule has 4 aromatic rings. The third-order valence-electron chi connectivity index (χ3n) is 5.71. The molecule has 1 unspecified atom stereocenters. The van der Waals surface area contributed by atoms with Gasteiger partial charge in [-0.25, -0.2) is 9.97 Å². The fourth-order valence-electron chi connectivity index (χ4n) is 3.92. The number of nitrogens with one attached hydrogen (secondary N) is 1. The molecular formula is C25H24N4O4S2. The molecule has 8 nitrogen and oxygen atoms in total. The zero-order chi connectivity index (χ0) is 24.2. The summed E-state index contributed by atoms with van der Waals surface area (Å²) in [4.78, 5) is 35.1. The highest BCUT2D eigenvalue weighted by Gasteiger charge is 2.21. The van der Waals surface area contributed by atoms with Gasteiger partial charge in [0.05, 0.1) is 42.1 Å². The number of rotatable bonds is 8. The van der Waals surface area contributed by atoms with E-state index in [1.807, 2.05) is 47.8 Å². The number of thioether (sulfide) groups is 1. The fourth-order valence-corrected chi connectivity index (χ4v) is 5.47. The number of nitrogens with zero attached hydrogens (tertiary/aromatic N) is 3. The van der Waals surface area contributed by atoms with E-state index in [9.17, 15) is 9.59 Å². The smallest absolute Gasteiger partial charge is 0.262 e. The van der Waals surface area contributed by atoms with Gasteiger partial charge in [0.25, 0.3) is 5.56 Å². The van der Waals surface area contributed by atoms with E-state index in [1.165, 1.54) is 23.1 Å². The first-order chi connectivity index (χ1) is 17.1. The summed E-state index contributed by atoms with van der Waals surface area (Å²) in [7, 11) is 1.62. The molecule has 2 aromatic heterocycles. The van der Waals surface area contributed by atoms with Gasteiger partial charge in [-0.15, -0.1) is 11.3 Å². The highest BCUT2D eigenvalue weighted by molar-refractivity contribution is 7.99. The molecule has 1 N–H and O–H groups in total. The summed E-state index contributed by atoms with van der Waals surface area (Å²) in [5, 5.41) is 6.34. The van der Waals surface area contributed by atoms with Crippen molar-refractivity contribution in [3.8, 4) is 17.0 Å². The minimum absolute atomic E-state index is 0.0180. The average Bonchev–Trinajstić information content (AvgIpc) is 3.57. The molecule has 0 saturated carbocycles. The van der Waals surface area contributed by atoms with Crippen molar-refractivity contribution in [2.45, 2.75) is 30.6 Å². The fraction of sp³-hybridized carbons (Fsp3) is 0.280. The van der Waals surface area contributed by atoms with Crippen LogP contribution in [0.2, 0.25) is 0 Å². The van der Waals surface area contributed by atoms with Crippen molar-refractivity contribution in [1.82, 2.24) is 14.5 Å². The number of methoxy groups -OCH3 is 1. The predicted octanol–water partition coefficient (Wildman–Crippen LogP) is 4.44. The minimum Gasteiger partial charge on any atom is -0.497 e. The summed E-state index contributed by atoms with van der Waals surface area (Å²) in [5.41, 5.74) is 2.23. The molecule has 1 aliphatic rings. The maximum atomic E-state index is 13.2. The molecule has 0 radical (unpaired) electrons. The number of benzene rings is 2. The van der Waals surface area contributed by atoms with Crippen LogP contribution in [0.5, 0.6) is 5.75 Å². The number of fused-ring (bicyclic) bond motifs is 1. The first-order valence-electron chi connectivity index (χ1n) is 11.2. The van der Waals surface area contributed by atoms with Crippen molar-refractivity contribution in [3.63, 3.8) is 0 Å². The van der Waals surface area contributed by atoms with Crippen molar-refractivity contribution in [2.24, 2.45) is 0 Å². The lowest BCUT2D eigenvalue weighted by Crippen LogP contribution is -2.29. The van der Waals surface area contributed by atoms with Gasteiger partial charge in [0.2, 0.25) is 5.91 Å². The lowest BCUT2D eigenvalue weighted by atomic mass is 10.2. The molecule has 35 heavy (non-hydrogen) atoms. The Kier molecular flexibility index (Phi) is 7.12. The predicted molar refractivity (Wildman–Crippen MR) is 138 cm³/mol. The summed E-state index contributed by atoms with van der Waals surface area (Å²) in [5.74, 6) is 0.666. The summed E-state index contributed by atoms with van der Waals surface area (Å²) in [6.45, 7) is 1.13. The number of anilines is 1. The van der Waals surface area contributed by atoms with Gasteiger partial charge >= 0.3 is 0 Å². The Labute approximate surface area is 210 Å². The Morgan fingerprint density at radius 1 is 1.23 bits per heavy atom. The maximum absolute atomic E-state index is 13.2. The minimum atomic E-state index is -0.211. The molecule has 1 fully saturated rings. The number of hydrogen-bond donors (Lipinski definition) is 1. The number of thiazole rings is 1. The van der Waals surface area contributed by atoms with Gasteiger partial charge in [-0.05, 0) is 49.2 Å². The molecule has 1 saturated heterocycles. The van der Waals surface area contributed by atoms with E-state index in [4.69, 9.17) is 9.47 Å². The lowest BCUT2D eigenvalue weighted by Gasteiger charge is -2.16. The van der Waals surface area contributed by atoms with Crippen LogP contribution < -0.4 is 15.6 Å². The van der Waals surface area contributed by atoms with Crippen LogP contribution >= 0.6 is 23.1 Å². The van der Waals surface area contributed by atoms with Gasteiger partial charge in [-0.3, -0.25) is 14.2 Å². The van der Waals surface area contributed by atoms with Crippen LogP contribution in [-0.4, -0.2) is 46.0 Å². The molecule has 5 rings (SSSR count). The van der Waals surface area contributed by atoms with E-state index in [0.29, 0.717) is 34.3 Å². The maximum Gasteiger partial charge on any atom is 0.262 e. The van der Waals surface area contributed by atoms with Crippen molar-refractivity contribution in [3.05, 3.63) is 64.3 Å². The number of ether oxygens (including phenoxy) is 2. The number of amides is 1. The van der Waals surface area contributed by atoms with Gasteiger partial charge in [0.1, 0.15) is 5.75 Å². The largest absolute Gasteiger partial charge is 0.497 e. The molecule has 0 bridgehead atoms. The highest BCUT2D eigenvalue weighted by atomic mass is 32.2. The first kappa shape index (κ1) is 23.5. The normalized spacial score (nSPS) is 15.4. The zero-order valence-corrected chi connectivity index (χ0v) is 20.7. The second-order valence-electron chi connectivity index (χ2n) is 8.07. The van der Waals surface area contributed by atoms with Crippen LogP contribution in [0.15, 0.2) is 63.9 Å². The standard InChI is InChI=1S/C25H24N4O4S2/c1-32-17-10-8-16(9-11-17)21-14-34-24(26-21)28-22(30)15-35-25-27-20-7-3-2-6-19(20)23(31)29(25)13-18-5-4-12-33-18/h2-3,6-11,14,18H,4-5,12-13,15H2,1H3,(H,26,28,30). The van der Waals surface area contributed by atoms with Gasteiger partial charge < -0.3 is 14.8 Å². The molecule has 2 aromatic carbocycles. The monoisotopic (exact) mass is 508 g/mol. The van der Waals surface area contributed by atoms with Gasteiger partial charge in [0.15, 0.2) is 10.3 Å². The highest BCUT2D eigenvalue weighted by Crippen LogP contribution is 2.27. The average molecular weight is 509 g/mol. The van der Waals surface area contributed by atoms with Crippen molar-refractivity contribution >= 4 is 45.0 Å². The van der Waals surface area contributed by atoms with Crippen LogP contribution in [-0.2, 0) is 16.1 Å². The number of hydrogen-bond acceptors (Lipinski definition) is 8. The van der Waals surface area contributed by atoms with Crippen LogP contribution in [0, 0.1) is 0 Å². The Balaban J connectivity index is 1.29. The van der Waals surface area contributed by atoms with Gasteiger partial charge in [0, 0.05) is 17.6 Å². The Morgan fingerprint density at radius 3 is 2.83 bits per heavy atom. The number of para-hydroxylation sites is 1. The number of carbonyl (C=O) groups is 1. The van der Waals surface area contributed by atoms with Crippen molar-refractivity contribution in [2.75, 3.05) is 24.8 Å². The summed E-state index contributed by atoms with van der Waals surface area (Å²) in [6, 6.07) is 14.9. The lowest BCUT2D eigenvalue weighted by molar-refractivity contribution is -0.113. The van der Waals surface area contributed by atoms with Crippen LogP contribution in [0.1, 0.15) is 12.8 Å². The third kappa shape index (κ3) is 5.39. The van der Waals surface area contributed by atoms with Crippen molar-refractivity contribution in [1.29, 1.82) is 0 Å². The van der Waals surface area contributed by atoms with E-state index in [1.54, 1.807) is 17.7 Å². The Bertz CT molecular complexity index is 1390. The molecule has 1 aliphatic heterocycles. The molecule has 3 heterocycles. The van der Waals surface area contributed by atoms with E-state index in [0.717, 1.165) is 29.8 Å². The second kappa shape index (κ2) is 10.6. The third-order valence-corrected chi connectivity index (χ3v) is 7.44. The summed E-state index contributed by atoms with van der Waals surface area (Å²) < 4.78 is 12.6.